The van der Waals surface area contributed by atoms with E-state index < -0.39 is 11.0 Å². The number of hydrogen-bond donors (Lipinski definition) is 1. The first-order chi connectivity index (χ1) is 14.7. The van der Waals surface area contributed by atoms with Gasteiger partial charge in [-0.3, -0.25) is 9.52 Å². The molecule has 0 aromatic heterocycles. The summed E-state index contributed by atoms with van der Waals surface area (Å²) in [6.07, 6.45) is 3.09. The summed E-state index contributed by atoms with van der Waals surface area (Å²) in [6.45, 7) is 0. The highest BCUT2D eigenvalue weighted by molar-refractivity contribution is 7.93. The largest absolute Gasteiger partial charge is 0.486 e. The van der Waals surface area contributed by atoms with Gasteiger partial charge in [-0.15, -0.1) is 0 Å². The fraction of sp³-hybridized carbons (Fsp3) is 0.125. The van der Waals surface area contributed by atoms with Gasteiger partial charge in [0.1, 0.15) is 23.4 Å². The van der Waals surface area contributed by atoms with Gasteiger partial charge in [0.2, 0.25) is 0 Å². The standard InChI is InChI=1S/C24H19NO4S/c26-24-15-23(30(27)25-24)16-9-11-18(12-10-16)29-22-14-13-20-19(22)7-4-8-21(20)28-17-5-2-1-3-6-17/h1-12,15,22H,13-14H2,(H,25,26). The molecule has 3 aromatic carbocycles. The number of ether oxygens (including phenoxy) is 2. The summed E-state index contributed by atoms with van der Waals surface area (Å²) < 4.78 is 26.6. The minimum absolute atomic E-state index is 0.0479. The van der Waals surface area contributed by atoms with Gasteiger partial charge in [0.05, 0.1) is 4.91 Å². The van der Waals surface area contributed by atoms with E-state index in [0.717, 1.165) is 41.2 Å². The maximum atomic E-state index is 11.9. The van der Waals surface area contributed by atoms with Crippen LogP contribution in [0.4, 0.5) is 0 Å². The number of carbonyl (C=O) groups is 1. The van der Waals surface area contributed by atoms with Gasteiger partial charge in [-0.1, -0.05) is 42.5 Å². The lowest BCUT2D eigenvalue weighted by atomic mass is 10.1. The van der Waals surface area contributed by atoms with Crippen LogP contribution in [-0.2, 0) is 22.2 Å². The molecule has 3 aromatic rings. The van der Waals surface area contributed by atoms with E-state index in [1.807, 2.05) is 66.7 Å². The molecular formula is C24H19NO4S. The van der Waals surface area contributed by atoms with Crippen LogP contribution < -0.4 is 14.2 Å². The Hall–Kier alpha value is -3.38. The third kappa shape index (κ3) is 3.62. The lowest BCUT2D eigenvalue weighted by Crippen LogP contribution is -2.16. The Bertz CT molecular complexity index is 1160. The quantitative estimate of drug-likeness (QED) is 0.655. The lowest BCUT2D eigenvalue weighted by molar-refractivity contribution is -0.114. The predicted molar refractivity (Wildman–Crippen MR) is 115 cm³/mol. The number of amides is 1. The Morgan fingerprint density at radius 2 is 1.70 bits per heavy atom. The molecule has 2 unspecified atom stereocenters. The van der Waals surface area contributed by atoms with Crippen LogP contribution in [0.25, 0.3) is 4.91 Å². The minimum atomic E-state index is -1.49. The summed E-state index contributed by atoms with van der Waals surface area (Å²) >= 11 is 0. The zero-order valence-corrected chi connectivity index (χ0v) is 16.9. The molecule has 30 heavy (non-hydrogen) atoms. The van der Waals surface area contributed by atoms with E-state index in [9.17, 15) is 9.00 Å². The molecule has 2 atom stereocenters. The Labute approximate surface area is 176 Å². The van der Waals surface area contributed by atoms with E-state index >= 15 is 0 Å². The molecule has 6 heteroatoms. The third-order valence-electron chi connectivity index (χ3n) is 5.22. The molecule has 2 aliphatic rings. The van der Waals surface area contributed by atoms with E-state index in [2.05, 4.69) is 10.8 Å². The molecule has 1 aliphatic carbocycles. The molecule has 150 valence electrons. The van der Waals surface area contributed by atoms with Crippen molar-refractivity contribution in [3.05, 3.63) is 95.6 Å². The van der Waals surface area contributed by atoms with E-state index in [-0.39, 0.29) is 12.0 Å². The van der Waals surface area contributed by atoms with Crippen molar-refractivity contribution in [3.63, 3.8) is 0 Å². The third-order valence-corrected chi connectivity index (χ3v) is 6.36. The molecule has 1 aliphatic heterocycles. The Morgan fingerprint density at radius 3 is 2.43 bits per heavy atom. The van der Waals surface area contributed by atoms with Gasteiger partial charge in [0, 0.05) is 11.6 Å². The second-order valence-electron chi connectivity index (χ2n) is 7.15. The van der Waals surface area contributed by atoms with Crippen molar-refractivity contribution < 1.29 is 18.5 Å². The maximum absolute atomic E-state index is 11.9. The summed E-state index contributed by atoms with van der Waals surface area (Å²) in [5.74, 6) is 2.08. The summed E-state index contributed by atoms with van der Waals surface area (Å²) in [5.41, 5.74) is 3.06. The van der Waals surface area contributed by atoms with Crippen molar-refractivity contribution in [2.75, 3.05) is 0 Å². The molecular weight excluding hydrogens is 398 g/mol. The molecule has 5 rings (SSSR count). The molecule has 5 nitrogen and oxygen atoms in total. The van der Waals surface area contributed by atoms with Gasteiger partial charge in [0.25, 0.3) is 5.91 Å². The monoisotopic (exact) mass is 417 g/mol. The summed E-state index contributed by atoms with van der Waals surface area (Å²) in [5, 5.41) is 0. The summed E-state index contributed by atoms with van der Waals surface area (Å²) in [4.78, 5) is 11.9. The van der Waals surface area contributed by atoms with Crippen molar-refractivity contribution in [2.45, 2.75) is 18.9 Å². The fourth-order valence-corrected chi connectivity index (χ4v) is 4.73. The van der Waals surface area contributed by atoms with Crippen LogP contribution in [0.3, 0.4) is 0 Å². The second-order valence-corrected chi connectivity index (χ2v) is 8.33. The van der Waals surface area contributed by atoms with Crippen LogP contribution in [0.2, 0.25) is 0 Å². The molecule has 0 saturated heterocycles. The van der Waals surface area contributed by atoms with Gasteiger partial charge < -0.3 is 9.47 Å². The molecule has 1 heterocycles. The summed E-state index contributed by atoms with van der Waals surface area (Å²) in [7, 11) is -1.49. The van der Waals surface area contributed by atoms with E-state index in [1.165, 1.54) is 11.6 Å². The molecule has 0 radical (unpaired) electrons. The van der Waals surface area contributed by atoms with Gasteiger partial charge in [-0.25, -0.2) is 4.21 Å². The number of fused-ring (bicyclic) bond motifs is 1. The first-order valence-corrected chi connectivity index (χ1v) is 10.9. The SMILES string of the molecule is O=C1C=C(c2ccc(OC3CCc4c(Oc5ccccc5)cccc43)cc2)S(=O)N1. The van der Waals surface area contributed by atoms with Crippen LogP contribution in [0.5, 0.6) is 17.2 Å². The number of nitrogens with one attached hydrogen (secondary N) is 1. The highest BCUT2D eigenvalue weighted by Crippen LogP contribution is 2.41. The Morgan fingerprint density at radius 1 is 0.900 bits per heavy atom. The van der Waals surface area contributed by atoms with Crippen LogP contribution in [0.15, 0.2) is 78.9 Å². The number of hydrogen-bond acceptors (Lipinski definition) is 4. The molecule has 0 spiro atoms. The van der Waals surface area contributed by atoms with Crippen molar-refractivity contribution in [2.24, 2.45) is 0 Å². The fourth-order valence-electron chi connectivity index (χ4n) is 3.82. The van der Waals surface area contributed by atoms with Crippen LogP contribution in [0.1, 0.15) is 29.2 Å². The van der Waals surface area contributed by atoms with Gasteiger partial charge in [-0.2, -0.15) is 0 Å². The van der Waals surface area contributed by atoms with Crippen LogP contribution in [0, 0.1) is 0 Å². The molecule has 0 saturated carbocycles. The first kappa shape index (κ1) is 18.6. The van der Waals surface area contributed by atoms with Crippen LogP contribution in [-0.4, -0.2) is 10.1 Å². The smallest absolute Gasteiger partial charge is 0.257 e. The highest BCUT2D eigenvalue weighted by atomic mass is 32.2. The second kappa shape index (κ2) is 7.80. The molecule has 1 N–H and O–H groups in total. The van der Waals surface area contributed by atoms with Crippen molar-refractivity contribution in [1.29, 1.82) is 0 Å². The van der Waals surface area contributed by atoms with Crippen molar-refractivity contribution in [3.8, 4) is 17.2 Å². The van der Waals surface area contributed by atoms with Crippen molar-refractivity contribution >= 4 is 21.8 Å². The Kier molecular flexibility index (Phi) is 4.85. The van der Waals surface area contributed by atoms with Gasteiger partial charge >= 0.3 is 0 Å². The minimum Gasteiger partial charge on any atom is -0.486 e. The topological polar surface area (TPSA) is 64.6 Å². The van der Waals surface area contributed by atoms with Crippen molar-refractivity contribution in [1.82, 2.24) is 4.72 Å². The average Bonchev–Trinajstić information content (AvgIpc) is 3.32. The Balaban J connectivity index is 1.33. The van der Waals surface area contributed by atoms with E-state index in [0.29, 0.717) is 4.91 Å². The maximum Gasteiger partial charge on any atom is 0.257 e. The highest BCUT2D eigenvalue weighted by Gasteiger charge is 2.27. The lowest BCUT2D eigenvalue weighted by Gasteiger charge is -2.16. The molecule has 0 fully saturated rings. The summed E-state index contributed by atoms with van der Waals surface area (Å²) in [6, 6.07) is 23.2. The first-order valence-electron chi connectivity index (χ1n) is 9.73. The zero-order chi connectivity index (χ0) is 20.5. The van der Waals surface area contributed by atoms with Crippen LogP contribution >= 0.6 is 0 Å². The normalized spacial score (nSPS) is 19.7. The number of rotatable bonds is 5. The van der Waals surface area contributed by atoms with E-state index in [4.69, 9.17) is 9.47 Å². The van der Waals surface area contributed by atoms with E-state index in [1.54, 1.807) is 0 Å². The zero-order valence-electron chi connectivity index (χ0n) is 16.0. The number of carbonyl (C=O) groups excluding carboxylic acids is 1. The number of benzene rings is 3. The molecule has 1 amide bonds. The average molecular weight is 417 g/mol. The van der Waals surface area contributed by atoms with Gasteiger partial charge in [0.15, 0.2) is 11.0 Å². The predicted octanol–water partition coefficient (Wildman–Crippen LogP) is 4.68. The van der Waals surface area contributed by atoms with Gasteiger partial charge in [-0.05, 0) is 54.3 Å². The number of para-hydroxylation sites is 1. The molecule has 0 bridgehead atoms.